The molecule has 1 aromatic rings. The second-order valence-electron chi connectivity index (χ2n) is 3.18. The number of nitrogens with zero attached hydrogens (tertiary/aromatic N) is 2. The molecule has 0 aliphatic rings. The molecule has 0 aliphatic heterocycles. The normalized spacial score (nSPS) is 10.2. The fourth-order valence-electron chi connectivity index (χ4n) is 1.16. The van der Waals surface area contributed by atoms with Crippen LogP contribution in [0.3, 0.4) is 0 Å². The van der Waals surface area contributed by atoms with Gasteiger partial charge in [-0.15, -0.1) is 11.3 Å². The number of aliphatic carboxylic acids is 1. The molecule has 0 aliphatic carbocycles. The van der Waals surface area contributed by atoms with Gasteiger partial charge in [-0.2, -0.15) is 0 Å². The Labute approximate surface area is 102 Å². The van der Waals surface area contributed by atoms with E-state index in [0.29, 0.717) is 0 Å². The van der Waals surface area contributed by atoms with E-state index >= 15 is 0 Å². The van der Waals surface area contributed by atoms with Crippen molar-refractivity contribution in [2.75, 3.05) is 32.5 Å². The molecule has 1 amide bonds. The van der Waals surface area contributed by atoms with Crippen LogP contribution in [0.25, 0.3) is 0 Å². The van der Waals surface area contributed by atoms with Crippen molar-refractivity contribution in [3.8, 4) is 0 Å². The molecule has 1 aromatic heterocycles. The zero-order chi connectivity index (χ0) is 12.8. The van der Waals surface area contributed by atoms with Gasteiger partial charge < -0.3 is 20.5 Å². The monoisotopic (exact) mass is 259 g/mol. The largest absolute Gasteiger partial charge is 0.480 e. The highest BCUT2D eigenvalue weighted by Gasteiger charge is 2.20. The number of methoxy groups -OCH3 is 1. The number of hydrogen-bond acceptors (Lipinski definition) is 6. The van der Waals surface area contributed by atoms with E-state index in [2.05, 4.69) is 4.98 Å². The molecule has 7 nitrogen and oxygen atoms in total. The Morgan fingerprint density at radius 2 is 2.35 bits per heavy atom. The molecule has 0 radical (unpaired) electrons. The predicted molar refractivity (Wildman–Crippen MR) is 61.9 cm³/mol. The summed E-state index contributed by atoms with van der Waals surface area (Å²) in [4.78, 5) is 27.5. The second kappa shape index (κ2) is 6.16. The minimum atomic E-state index is -1.09. The Kier molecular flexibility index (Phi) is 4.85. The van der Waals surface area contributed by atoms with Gasteiger partial charge in [-0.05, 0) is 0 Å². The third-order valence-electron chi connectivity index (χ3n) is 1.92. The Hall–Kier alpha value is -1.67. The first-order valence-electron chi connectivity index (χ1n) is 4.75. The van der Waals surface area contributed by atoms with E-state index in [9.17, 15) is 9.59 Å². The van der Waals surface area contributed by atoms with E-state index < -0.39 is 11.9 Å². The van der Waals surface area contributed by atoms with Gasteiger partial charge in [0.2, 0.25) is 0 Å². The van der Waals surface area contributed by atoms with Crippen LogP contribution >= 0.6 is 11.3 Å². The molecule has 0 spiro atoms. The topological polar surface area (TPSA) is 106 Å². The Balaban J connectivity index is 2.74. The number of nitrogen functional groups attached to an aromatic ring is 1. The van der Waals surface area contributed by atoms with E-state index in [1.807, 2.05) is 0 Å². The third-order valence-corrected chi connectivity index (χ3v) is 2.59. The fraction of sp³-hybridized carbons (Fsp3) is 0.444. The van der Waals surface area contributed by atoms with Gasteiger partial charge in [0.15, 0.2) is 5.13 Å². The van der Waals surface area contributed by atoms with Gasteiger partial charge in [0.05, 0.1) is 6.61 Å². The van der Waals surface area contributed by atoms with Crippen LogP contribution in [0.4, 0.5) is 5.13 Å². The van der Waals surface area contributed by atoms with Crippen molar-refractivity contribution in [1.29, 1.82) is 0 Å². The number of ether oxygens (including phenoxy) is 1. The lowest BCUT2D eigenvalue weighted by Gasteiger charge is -2.18. The van der Waals surface area contributed by atoms with Crippen LogP contribution in [0, 0.1) is 0 Å². The Morgan fingerprint density at radius 1 is 1.65 bits per heavy atom. The average Bonchev–Trinajstić information content (AvgIpc) is 2.69. The van der Waals surface area contributed by atoms with Gasteiger partial charge in [0, 0.05) is 19.0 Å². The van der Waals surface area contributed by atoms with E-state index in [-0.39, 0.29) is 30.5 Å². The molecular weight excluding hydrogens is 246 g/mol. The van der Waals surface area contributed by atoms with Crippen LogP contribution in [0.1, 0.15) is 10.5 Å². The summed E-state index contributed by atoms with van der Waals surface area (Å²) in [5.74, 6) is -1.55. The zero-order valence-corrected chi connectivity index (χ0v) is 10.1. The number of anilines is 1. The first-order chi connectivity index (χ1) is 8.04. The third kappa shape index (κ3) is 4.00. The quantitative estimate of drug-likeness (QED) is 0.739. The van der Waals surface area contributed by atoms with E-state index in [1.54, 1.807) is 0 Å². The van der Waals surface area contributed by atoms with Crippen molar-refractivity contribution < 1.29 is 19.4 Å². The predicted octanol–water partition coefficient (Wildman–Crippen LogP) is -0.102. The zero-order valence-electron chi connectivity index (χ0n) is 9.25. The first-order valence-corrected chi connectivity index (χ1v) is 5.63. The highest BCUT2D eigenvalue weighted by Crippen LogP contribution is 2.13. The van der Waals surface area contributed by atoms with Crippen molar-refractivity contribution in [3.63, 3.8) is 0 Å². The van der Waals surface area contributed by atoms with E-state index in [0.717, 1.165) is 16.2 Å². The maximum absolute atomic E-state index is 11.9. The smallest absolute Gasteiger partial charge is 0.323 e. The molecule has 0 saturated heterocycles. The van der Waals surface area contributed by atoms with Crippen molar-refractivity contribution in [2.24, 2.45) is 0 Å². The molecule has 0 fully saturated rings. The SMILES string of the molecule is COCCN(CC(=O)O)C(=O)c1csc(N)n1. The maximum atomic E-state index is 11.9. The summed E-state index contributed by atoms with van der Waals surface area (Å²) in [6.07, 6.45) is 0. The number of thiazole rings is 1. The molecule has 0 aromatic carbocycles. The maximum Gasteiger partial charge on any atom is 0.323 e. The lowest BCUT2D eigenvalue weighted by atomic mass is 10.3. The first kappa shape index (κ1) is 13.4. The van der Waals surface area contributed by atoms with Gasteiger partial charge in [-0.25, -0.2) is 4.98 Å². The number of aromatic nitrogens is 1. The van der Waals surface area contributed by atoms with E-state index in [4.69, 9.17) is 15.6 Å². The van der Waals surface area contributed by atoms with Crippen molar-refractivity contribution >= 4 is 28.3 Å². The minimum Gasteiger partial charge on any atom is -0.480 e. The minimum absolute atomic E-state index is 0.157. The molecule has 8 heteroatoms. The summed E-state index contributed by atoms with van der Waals surface area (Å²) in [6.45, 7) is 0.0668. The number of nitrogens with two attached hydrogens (primary N) is 1. The Morgan fingerprint density at radius 3 is 2.82 bits per heavy atom. The number of carboxylic acids is 1. The molecule has 0 atom stereocenters. The van der Waals surface area contributed by atoms with Gasteiger partial charge in [-0.3, -0.25) is 9.59 Å². The lowest BCUT2D eigenvalue weighted by Crippen LogP contribution is -2.38. The summed E-state index contributed by atoms with van der Waals surface area (Å²) in [6, 6.07) is 0. The summed E-state index contributed by atoms with van der Waals surface area (Å²) in [5.41, 5.74) is 5.57. The van der Waals surface area contributed by atoms with Crippen LogP contribution in [0.2, 0.25) is 0 Å². The molecule has 94 valence electrons. The molecule has 1 rings (SSSR count). The van der Waals surface area contributed by atoms with Crippen LogP contribution in [-0.4, -0.2) is 53.7 Å². The number of carbonyl (C=O) groups is 2. The molecule has 17 heavy (non-hydrogen) atoms. The number of rotatable bonds is 6. The number of carbonyl (C=O) groups excluding carboxylic acids is 1. The molecule has 3 N–H and O–H groups in total. The fourth-order valence-corrected chi connectivity index (χ4v) is 1.70. The van der Waals surface area contributed by atoms with Crippen molar-refractivity contribution in [3.05, 3.63) is 11.1 Å². The lowest BCUT2D eigenvalue weighted by molar-refractivity contribution is -0.137. The standard InChI is InChI=1S/C9H13N3O4S/c1-16-3-2-12(4-7(13)14)8(15)6-5-17-9(10)11-6/h5H,2-4H2,1H3,(H2,10,11)(H,13,14). The number of amides is 1. The molecular formula is C9H13N3O4S. The van der Waals surface area contributed by atoms with Gasteiger partial charge in [0.1, 0.15) is 12.2 Å². The van der Waals surface area contributed by atoms with E-state index in [1.165, 1.54) is 12.5 Å². The highest BCUT2D eigenvalue weighted by atomic mass is 32.1. The van der Waals surface area contributed by atoms with Crippen LogP contribution in [0.5, 0.6) is 0 Å². The highest BCUT2D eigenvalue weighted by molar-refractivity contribution is 7.13. The van der Waals surface area contributed by atoms with Gasteiger partial charge >= 0.3 is 5.97 Å². The summed E-state index contributed by atoms with van der Waals surface area (Å²) >= 11 is 1.13. The van der Waals surface area contributed by atoms with Crippen LogP contribution in [-0.2, 0) is 9.53 Å². The molecule has 0 saturated carbocycles. The summed E-state index contributed by atoms with van der Waals surface area (Å²) < 4.78 is 4.82. The van der Waals surface area contributed by atoms with Gasteiger partial charge in [-0.1, -0.05) is 0 Å². The number of hydrogen-bond donors (Lipinski definition) is 2. The molecule has 0 unspecified atom stereocenters. The summed E-state index contributed by atoms with van der Waals surface area (Å²) in [7, 11) is 1.48. The van der Waals surface area contributed by atoms with Crippen molar-refractivity contribution in [2.45, 2.75) is 0 Å². The van der Waals surface area contributed by atoms with Crippen LogP contribution < -0.4 is 5.73 Å². The second-order valence-corrected chi connectivity index (χ2v) is 4.07. The van der Waals surface area contributed by atoms with Gasteiger partial charge in [0.25, 0.3) is 5.91 Å². The van der Waals surface area contributed by atoms with Crippen molar-refractivity contribution in [1.82, 2.24) is 9.88 Å². The Bertz CT molecular complexity index is 407. The van der Waals surface area contributed by atoms with Crippen LogP contribution in [0.15, 0.2) is 5.38 Å². The molecule has 0 bridgehead atoms. The molecule has 1 heterocycles. The average molecular weight is 259 g/mol. The number of carboxylic acid groups (broad SMARTS) is 1. The summed E-state index contributed by atoms with van der Waals surface area (Å²) in [5, 5.41) is 10.5.